The van der Waals surface area contributed by atoms with Crippen molar-refractivity contribution in [3.63, 3.8) is 0 Å². The van der Waals surface area contributed by atoms with Crippen molar-refractivity contribution < 1.29 is 22.7 Å². The molecular formula is C25H31NO5S. The summed E-state index contributed by atoms with van der Waals surface area (Å²) in [4.78, 5) is 25.0. The summed E-state index contributed by atoms with van der Waals surface area (Å²) in [6.45, 7) is 3.79. The van der Waals surface area contributed by atoms with Gasteiger partial charge in [0.1, 0.15) is 0 Å². The van der Waals surface area contributed by atoms with Gasteiger partial charge in [-0.15, -0.1) is 0 Å². The van der Waals surface area contributed by atoms with Crippen LogP contribution in [0.4, 0.5) is 0 Å². The lowest BCUT2D eigenvalue weighted by molar-refractivity contribution is 0.0474. The number of hydrogen-bond acceptors (Lipinski definition) is 5. The second kappa shape index (κ2) is 10.9. The average Bonchev–Trinajstić information content (AvgIpc) is 2.83. The van der Waals surface area contributed by atoms with Gasteiger partial charge >= 0.3 is 5.97 Å². The summed E-state index contributed by atoms with van der Waals surface area (Å²) in [5.74, 6) is -0.458. The molecule has 0 atom stereocenters. The van der Waals surface area contributed by atoms with Crippen molar-refractivity contribution >= 4 is 21.8 Å². The van der Waals surface area contributed by atoms with Gasteiger partial charge < -0.3 is 4.74 Å². The van der Waals surface area contributed by atoms with Gasteiger partial charge in [0, 0.05) is 18.7 Å². The maximum Gasteiger partial charge on any atom is 0.338 e. The number of benzene rings is 2. The van der Waals surface area contributed by atoms with E-state index < -0.39 is 22.6 Å². The first-order valence-electron chi connectivity index (χ1n) is 11.3. The monoisotopic (exact) mass is 457 g/mol. The summed E-state index contributed by atoms with van der Waals surface area (Å²) in [5, 5.41) is 0. The van der Waals surface area contributed by atoms with Gasteiger partial charge in [0.25, 0.3) is 0 Å². The normalized spacial score (nSPS) is 15.0. The molecule has 1 aliphatic carbocycles. The second-order valence-electron chi connectivity index (χ2n) is 8.07. The fourth-order valence-corrected chi connectivity index (χ4v) is 5.68. The molecule has 0 N–H and O–H groups in total. The summed E-state index contributed by atoms with van der Waals surface area (Å²) >= 11 is 0. The molecular weight excluding hydrogens is 426 g/mol. The first-order chi connectivity index (χ1) is 15.4. The van der Waals surface area contributed by atoms with Gasteiger partial charge in [0.15, 0.2) is 12.4 Å². The van der Waals surface area contributed by atoms with E-state index in [4.69, 9.17) is 4.74 Å². The van der Waals surface area contributed by atoms with E-state index in [2.05, 4.69) is 0 Å². The summed E-state index contributed by atoms with van der Waals surface area (Å²) in [7, 11) is -3.69. The molecule has 6 nitrogen and oxygen atoms in total. The predicted octanol–water partition coefficient (Wildman–Crippen LogP) is 4.80. The molecule has 0 saturated heterocycles. The highest BCUT2D eigenvalue weighted by Crippen LogP contribution is 2.32. The first kappa shape index (κ1) is 24.1. The number of Topliss-reactive ketones (excluding diaryl/α,β-unsaturated/α-hetero) is 1. The van der Waals surface area contributed by atoms with Crippen LogP contribution in [0.2, 0.25) is 0 Å². The average molecular weight is 458 g/mol. The number of sulfonamides is 1. The zero-order chi connectivity index (χ0) is 23.1. The van der Waals surface area contributed by atoms with Gasteiger partial charge in [0.2, 0.25) is 10.0 Å². The van der Waals surface area contributed by atoms with Crippen LogP contribution in [0.15, 0.2) is 53.4 Å². The molecule has 2 aromatic carbocycles. The van der Waals surface area contributed by atoms with Gasteiger partial charge in [0.05, 0.1) is 10.5 Å². The Kier molecular flexibility index (Phi) is 8.21. The van der Waals surface area contributed by atoms with Crippen LogP contribution >= 0.6 is 0 Å². The second-order valence-corrected chi connectivity index (χ2v) is 10.0. The van der Waals surface area contributed by atoms with Crippen molar-refractivity contribution in [1.82, 2.24) is 4.31 Å². The van der Waals surface area contributed by atoms with E-state index in [1.165, 1.54) is 66.2 Å². The Morgan fingerprint density at radius 2 is 1.59 bits per heavy atom. The van der Waals surface area contributed by atoms with Crippen molar-refractivity contribution in [2.75, 3.05) is 19.7 Å². The maximum absolute atomic E-state index is 12.7. The Hall–Kier alpha value is -2.51. The summed E-state index contributed by atoms with van der Waals surface area (Å²) < 4.78 is 31.9. The van der Waals surface area contributed by atoms with Crippen LogP contribution < -0.4 is 0 Å². The van der Waals surface area contributed by atoms with Crippen molar-refractivity contribution in [2.24, 2.45) is 0 Å². The van der Waals surface area contributed by atoms with Gasteiger partial charge in [-0.05, 0) is 42.5 Å². The first-order valence-corrected chi connectivity index (χ1v) is 12.7. The Morgan fingerprint density at radius 3 is 2.22 bits per heavy atom. The van der Waals surface area contributed by atoms with Crippen LogP contribution in [-0.2, 0) is 14.8 Å². The van der Waals surface area contributed by atoms with Gasteiger partial charge in [-0.3, -0.25) is 4.79 Å². The summed E-state index contributed by atoms with van der Waals surface area (Å²) in [5.41, 5.74) is 1.85. The minimum absolute atomic E-state index is 0.0280. The number of ether oxygens (including phenoxy) is 1. The van der Waals surface area contributed by atoms with Gasteiger partial charge in [-0.2, -0.15) is 4.31 Å². The molecule has 1 saturated carbocycles. The summed E-state index contributed by atoms with van der Waals surface area (Å²) in [6, 6.07) is 13.3. The molecule has 1 fully saturated rings. The Labute approximate surface area is 190 Å². The highest BCUT2D eigenvalue weighted by Gasteiger charge is 2.23. The molecule has 1 aliphatic rings. The molecule has 0 aromatic heterocycles. The van der Waals surface area contributed by atoms with E-state index in [1.54, 1.807) is 26.0 Å². The van der Waals surface area contributed by atoms with Gasteiger partial charge in [-0.25, -0.2) is 13.2 Å². The van der Waals surface area contributed by atoms with Gasteiger partial charge in [-0.1, -0.05) is 63.4 Å². The quantitative estimate of drug-likeness (QED) is 0.399. The molecule has 0 heterocycles. The minimum atomic E-state index is -3.69. The third-order valence-corrected chi connectivity index (χ3v) is 8.10. The van der Waals surface area contributed by atoms with Crippen LogP contribution in [0.3, 0.4) is 0 Å². The molecule has 0 radical (unpaired) electrons. The van der Waals surface area contributed by atoms with Crippen LogP contribution in [0.1, 0.15) is 78.1 Å². The molecule has 2 aromatic rings. The maximum atomic E-state index is 12.7. The SMILES string of the molecule is CCN(CC)S(=O)(=O)c1cccc(C(=O)OCC(=O)c2ccc(C3CCCCC3)cc2)c1. The van der Waals surface area contributed by atoms with E-state index in [9.17, 15) is 18.0 Å². The largest absolute Gasteiger partial charge is 0.454 e. The lowest BCUT2D eigenvalue weighted by Gasteiger charge is -2.22. The van der Waals surface area contributed by atoms with Crippen LogP contribution in [-0.4, -0.2) is 44.2 Å². The number of carbonyl (C=O) groups excluding carboxylic acids is 2. The fourth-order valence-electron chi connectivity index (χ4n) is 4.17. The molecule has 0 unspecified atom stereocenters. The number of hydrogen-bond donors (Lipinski definition) is 0. The topological polar surface area (TPSA) is 80.8 Å². The van der Waals surface area contributed by atoms with E-state index in [-0.39, 0.29) is 16.2 Å². The Morgan fingerprint density at radius 1 is 0.938 bits per heavy atom. The molecule has 3 rings (SSSR count). The van der Waals surface area contributed by atoms with Crippen LogP contribution in [0, 0.1) is 0 Å². The zero-order valence-corrected chi connectivity index (χ0v) is 19.6. The van der Waals surface area contributed by atoms with E-state index >= 15 is 0 Å². The van der Waals surface area contributed by atoms with Crippen molar-refractivity contribution in [1.29, 1.82) is 0 Å². The number of ketones is 1. The van der Waals surface area contributed by atoms with Crippen LogP contribution in [0.5, 0.6) is 0 Å². The Bertz CT molecular complexity index is 1040. The highest BCUT2D eigenvalue weighted by atomic mass is 32.2. The minimum Gasteiger partial charge on any atom is -0.454 e. The third-order valence-electron chi connectivity index (χ3n) is 6.06. The zero-order valence-electron chi connectivity index (χ0n) is 18.7. The van der Waals surface area contributed by atoms with Crippen molar-refractivity contribution in [3.8, 4) is 0 Å². The smallest absolute Gasteiger partial charge is 0.338 e. The number of nitrogens with zero attached hydrogens (tertiary/aromatic N) is 1. The standard InChI is InChI=1S/C25H31NO5S/c1-3-26(4-2)32(29,30)23-12-8-11-22(17-23)25(28)31-18-24(27)21-15-13-20(14-16-21)19-9-6-5-7-10-19/h8,11-17,19H,3-7,9-10,18H2,1-2H3. The number of carbonyl (C=O) groups is 2. The lowest BCUT2D eigenvalue weighted by atomic mass is 9.84. The molecule has 0 amide bonds. The van der Waals surface area contributed by atoms with E-state index in [0.29, 0.717) is 24.6 Å². The molecule has 7 heteroatoms. The van der Waals surface area contributed by atoms with Crippen LogP contribution in [0.25, 0.3) is 0 Å². The molecule has 0 bridgehead atoms. The predicted molar refractivity (Wildman–Crippen MR) is 123 cm³/mol. The van der Waals surface area contributed by atoms with Crippen molar-refractivity contribution in [3.05, 3.63) is 65.2 Å². The van der Waals surface area contributed by atoms with E-state index in [1.807, 2.05) is 12.1 Å². The Balaban J connectivity index is 1.62. The molecule has 32 heavy (non-hydrogen) atoms. The number of rotatable bonds is 9. The fraction of sp³-hybridized carbons (Fsp3) is 0.440. The highest BCUT2D eigenvalue weighted by molar-refractivity contribution is 7.89. The molecule has 0 aliphatic heterocycles. The molecule has 0 spiro atoms. The molecule has 172 valence electrons. The lowest BCUT2D eigenvalue weighted by Crippen LogP contribution is -2.30. The van der Waals surface area contributed by atoms with Crippen molar-refractivity contribution in [2.45, 2.75) is 56.8 Å². The third kappa shape index (κ3) is 5.64. The summed E-state index contributed by atoms with van der Waals surface area (Å²) in [6.07, 6.45) is 6.17. The van der Waals surface area contributed by atoms with E-state index in [0.717, 1.165) is 0 Å². The number of esters is 1.